The number of hydrogen-bond donors (Lipinski definition) is 2. The summed E-state index contributed by atoms with van der Waals surface area (Å²) in [7, 11) is 3.84. The molecular weight excluding hydrogens is 260 g/mol. The van der Waals surface area contributed by atoms with E-state index in [1.807, 2.05) is 43.3 Å². The minimum absolute atomic E-state index is 0.310. The Morgan fingerprint density at radius 2 is 1.85 bits per heavy atom. The molecule has 0 saturated carbocycles. The van der Waals surface area contributed by atoms with Gasteiger partial charge in [0.25, 0.3) is 0 Å². The SMILES string of the molecule is CN(C)c1cccc(C(NN)c2ccc(F)cc2F)c1. The van der Waals surface area contributed by atoms with E-state index >= 15 is 0 Å². The van der Waals surface area contributed by atoms with Crippen LogP contribution < -0.4 is 16.2 Å². The first kappa shape index (κ1) is 14.4. The molecule has 0 aliphatic rings. The molecule has 0 aliphatic carbocycles. The number of nitrogens with two attached hydrogens (primary N) is 1. The molecule has 0 radical (unpaired) electrons. The van der Waals surface area contributed by atoms with Crippen LogP contribution in [-0.4, -0.2) is 14.1 Å². The third-order valence-electron chi connectivity index (χ3n) is 3.16. The van der Waals surface area contributed by atoms with E-state index in [2.05, 4.69) is 5.43 Å². The Labute approximate surface area is 117 Å². The molecule has 0 aliphatic heterocycles. The fraction of sp³-hybridized carbons (Fsp3) is 0.200. The van der Waals surface area contributed by atoms with Crippen LogP contribution in [0.25, 0.3) is 0 Å². The van der Waals surface area contributed by atoms with Crippen LogP contribution in [-0.2, 0) is 0 Å². The van der Waals surface area contributed by atoms with Crippen LogP contribution in [0.2, 0.25) is 0 Å². The summed E-state index contributed by atoms with van der Waals surface area (Å²) in [6.45, 7) is 0. The third-order valence-corrected chi connectivity index (χ3v) is 3.16. The molecule has 0 bridgehead atoms. The standard InChI is InChI=1S/C15H17F2N3/c1-20(2)12-5-3-4-10(8-12)15(19-18)13-7-6-11(16)9-14(13)17/h3-9,15,19H,18H2,1-2H3. The van der Waals surface area contributed by atoms with Gasteiger partial charge in [0.2, 0.25) is 0 Å². The number of nitrogens with one attached hydrogen (secondary N) is 1. The van der Waals surface area contributed by atoms with Crippen molar-refractivity contribution in [3.63, 3.8) is 0 Å². The van der Waals surface area contributed by atoms with Gasteiger partial charge < -0.3 is 4.90 Å². The fourth-order valence-corrected chi connectivity index (χ4v) is 2.08. The minimum atomic E-state index is -0.622. The Kier molecular flexibility index (Phi) is 4.32. The molecule has 0 saturated heterocycles. The highest BCUT2D eigenvalue weighted by atomic mass is 19.1. The average Bonchev–Trinajstić information content (AvgIpc) is 2.42. The van der Waals surface area contributed by atoms with Gasteiger partial charge >= 0.3 is 0 Å². The zero-order valence-electron chi connectivity index (χ0n) is 11.4. The first-order valence-corrected chi connectivity index (χ1v) is 6.21. The van der Waals surface area contributed by atoms with Gasteiger partial charge in [-0.05, 0) is 23.8 Å². The molecule has 2 aromatic carbocycles. The Balaban J connectivity index is 2.44. The van der Waals surface area contributed by atoms with Crippen molar-refractivity contribution in [2.24, 2.45) is 5.84 Å². The molecule has 106 valence electrons. The highest BCUT2D eigenvalue weighted by molar-refractivity contribution is 5.49. The summed E-state index contributed by atoms with van der Waals surface area (Å²) >= 11 is 0. The summed E-state index contributed by atoms with van der Waals surface area (Å²) in [5.74, 6) is 4.32. The van der Waals surface area contributed by atoms with Crippen LogP contribution in [0.5, 0.6) is 0 Å². The lowest BCUT2D eigenvalue weighted by molar-refractivity contribution is 0.541. The molecule has 0 aromatic heterocycles. The van der Waals surface area contributed by atoms with Gasteiger partial charge in [0.05, 0.1) is 6.04 Å². The second-order valence-corrected chi connectivity index (χ2v) is 4.75. The predicted molar refractivity (Wildman–Crippen MR) is 76.3 cm³/mol. The number of rotatable bonds is 4. The van der Waals surface area contributed by atoms with Gasteiger partial charge in [-0.25, -0.2) is 14.2 Å². The summed E-state index contributed by atoms with van der Waals surface area (Å²) < 4.78 is 26.9. The number of halogens is 2. The lowest BCUT2D eigenvalue weighted by Crippen LogP contribution is -2.29. The number of nitrogens with zero attached hydrogens (tertiary/aromatic N) is 1. The van der Waals surface area contributed by atoms with Crippen LogP contribution in [0.15, 0.2) is 42.5 Å². The smallest absolute Gasteiger partial charge is 0.131 e. The molecule has 3 N–H and O–H groups in total. The Morgan fingerprint density at radius 1 is 1.10 bits per heavy atom. The summed E-state index contributed by atoms with van der Waals surface area (Å²) in [6, 6.07) is 10.5. The molecule has 1 unspecified atom stereocenters. The van der Waals surface area contributed by atoms with Crippen molar-refractivity contribution in [2.45, 2.75) is 6.04 Å². The van der Waals surface area contributed by atoms with Crippen molar-refractivity contribution >= 4 is 5.69 Å². The van der Waals surface area contributed by atoms with Crippen molar-refractivity contribution < 1.29 is 8.78 Å². The highest BCUT2D eigenvalue weighted by Gasteiger charge is 2.17. The topological polar surface area (TPSA) is 41.3 Å². The van der Waals surface area contributed by atoms with Gasteiger partial charge in [0, 0.05) is 31.4 Å². The molecule has 2 rings (SSSR count). The maximum absolute atomic E-state index is 13.9. The van der Waals surface area contributed by atoms with Crippen molar-refractivity contribution in [1.82, 2.24) is 5.43 Å². The number of hydrazine groups is 1. The molecule has 3 nitrogen and oxygen atoms in total. The predicted octanol–water partition coefficient (Wildman–Crippen LogP) is 2.58. The Morgan fingerprint density at radius 3 is 2.45 bits per heavy atom. The minimum Gasteiger partial charge on any atom is -0.378 e. The van der Waals surface area contributed by atoms with E-state index in [0.717, 1.165) is 17.3 Å². The molecule has 5 heteroatoms. The van der Waals surface area contributed by atoms with E-state index < -0.39 is 17.7 Å². The molecule has 1 atom stereocenters. The van der Waals surface area contributed by atoms with E-state index in [-0.39, 0.29) is 0 Å². The maximum atomic E-state index is 13.9. The van der Waals surface area contributed by atoms with Crippen molar-refractivity contribution in [3.8, 4) is 0 Å². The Hall–Kier alpha value is -1.98. The fourth-order valence-electron chi connectivity index (χ4n) is 2.08. The quantitative estimate of drug-likeness (QED) is 0.666. The monoisotopic (exact) mass is 277 g/mol. The Bertz CT molecular complexity index is 599. The zero-order chi connectivity index (χ0) is 14.7. The number of anilines is 1. The van der Waals surface area contributed by atoms with Crippen LogP contribution in [0, 0.1) is 11.6 Å². The lowest BCUT2D eigenvalue weighted by Gasteiger charge is -2.20. The summed E-state index contributed by atoms with van der Waals surface area (Å²) in [5.41, 5.74) is 4.68. The van der Waals surface area contributed by atoms with E-state index in [9.17, 15) is 8.78 Å². The van der Waals surface area contributed by atoms with Crippen molar-refractivity contribution in [1.29, 1.82) is 0 Å². The van der Waals surface area contributed by atoms with Crippen LogP contribution >= 0.6 is 0 Å². The molecule has 0 amide bonds. The van der Waals surface area contributed by atoms with Crippen LogP contribution in [0.1, 0.15) is 17.2 Å². The van der Waals surface area contributed by atoms with Crippen LogP contribution in [0.3, 0.4) is 0 Å². The second kappa shape index (κ2) is 5.98. The van der Waals surface area contributed by atoms with Gasteiger partial charge in [-0.1, -0.05) is 18.2 Å². The summed E-state index contributed by atoms with van der Waals surface area (Å²) in [4.78, 5) is 1.94. The van der Waals surface area contributed by atoms with Gasteiger partial charge in [0.1, 0.15) is 11.6 Å². The van der Waals surface area contributed by atoms with Crippen LogP contribution in [0.4, 0.5) is 14.5 Å². The normalized spacial score (nSPS) is 12.2. The molecule has 0 heterocycles. The number of benzene rings is 2. The van der Waals surface area contributed by atoms with E-state index in [1.165, 1.54) is 12.1 Å². The van der Waals surface area contributed by atoms with E-state index in [0.29, 0.717) is 5.56 Å². The van der Waals surface area contributed by atoms with Crippen molar-refractivity contribution in [2.75, 3.05) is 19.0 Å². The summed E-state index contributed by atoms with van der Waals surface area (Å²) in [6.07, 6.45) is 0. The third kappa shape index (κ3) is 2.95. The maximum Gasteiger partial charge on any atom is 0.131 e. The molecule has 2 aromatic rings. The average molecular weight is 277 g/mol. The largest absolute Gasteiger partial charge is 0.378 e. The van der Waals surface area contributed by atoms with Gasteiger partial charge in [0.15, 0.2) is 0 Å². The van der Waals surface area contributed by atoms with E-state index in [1.54, 1.807) is 0 Å². The number of hydrogen-bond acceptors (Lipinski definition) is 3. The zero-order valence-corrected chi connectivity index (χ0v) is 11.4. The molecular formula is C15H17F2N3. The molecule has 0 spiro atoms. The summed E-state index contributed by atoms with van der Waals surface area (Å²) in [5, 5.41) is 0. The second-order valence-electron chi connectivity index (χ2n) is 4.75. The lowest BCUT2D eigenvalue weighted by atomic mass is 9.98. The van der Waals surface area contributed by atoms with Gasteiger partial charge in [-0.3, -0.25) is 5.84 Å². The van der Waals surface area contributed by atoms with E-state index in [4.69, 9.17) is 5.84 Å². The van der Waals surface area contributed by atoms with Gasteiger partial charge in [-0.15, -0.1) is 0 Å². The highest BCUT2D eigenvalue weighted by Crippen LogP contribution is 2.26. The first-order chi connectivity index (χ1) is 9.52. The molecule has 20 heavy (non-hydrogen) atoms. The van der Waals surface area contributed by atoms with Crippen molar-refractivity contribution in [3.05, 3.63) is 65.2 Å². The first-order valence-electron chi connectivity index (χ1n) is 6.21. The van der Waals surface area contributed by atoms with Gasteiger partial charge in [-0.2, -0.15) is 0 Å². The molecule has 0 fully saturated rings.